The number of aromatic nitrogens is 2. The highest BCUT2D eigenvalue weighted by Crippen LogP contribution is 2.29. The highest BCUT2D eigenvalue weighted by molar-refractivity contribution is 5.69. The summed E-state index contributed by atoms with van der Waals surface area (Å²) in [7, 11) is 1.42. The third-order valence-corrected chi connectivity index (χ3v) is 2.16. The van der Waals surface area contributed by atoms with E-state index < -0.39 is 11.8 Å². The number of halogens is 1. The Hall–Kier alpha value is -2.44. The molecule has 0 bridgehead atoms. The molecule has 0 amide bonds. The fourth-order valence-electron chi connectivity index (χ4n) is 1.41. The minimum absolute atomic E-state index is 0.0163. The van der Waals surface area contributed by atoms with E-state index in [9.17, 15) is 9.18 Å². The van der Waals surface area contributed by atoms with E-state index in [1.807, 2.05) is 0 Å². The Morgan fingerprint density at radius 3 is 2.94 bits per heavy atom. The van der Waals surface area contributed by atoms with Gasteiger partial charge in [0, 0.05) is 0 Å². The van der Waals surface area contributed by atoms with Crippen LogP contribution in [0.2, 0.25) is 0 Å². The van der Waals surface area contributed by atoms with Crippen LogP contribution in [0.25, 0.3) is 11.5 Å². The first-order chi connectivity index (χ1) is 8.60. The molecule has 1 heterocycles. The molecule has 2 aromatic rings. The zero-order valence-electron chi connectivity index (χ0n) is 9.38. The van der Waals surface area contributed by atoms with Crippen molar-refractivity contribution < 1.29 is 23.4 Å². The lowest BCUT2D eigenvalue weighted by Gasteiger charge is -2.04. The van der Waals surface area contributed by atoms with E-state index in [0.29, 0.717) is 5.75 Å². The lowest BCUT2D eigenvalue weighted by Crippen LogP contribution is -1.99. The number of rotatable bonds is 4. The third kappa shape index (κ3) is 2.45. The van der Waals surface area contributed by atoms with Gasteiger partial charge in [-0.25, -0.2) is 4.39 Å². The molecule has 6 nitrogen and oxygen atoms in total. The van der Waals surface area contributed by atoms with Gasteiger partial charge < -0.3 is 14.3 Å². The zero-order valence-corrected chi connectivity index (χ0v) is 9.38. The van der Waals surface area contributed by atoms with Crippen LogP contribution in [-0.2, 0) is 11.2 Å². The van der Waals surface area contributed by atoms with Crippen molar-refractivity contribution in [3.05, 3.63) is 29.9 Å². The lowest BCUT2D eigenvalue weighted by molar-refractivity contribution is -0.136. The number of hydrogen-bond acceptors (Lipinski definition) is 5. The molecule has 0 radical (unpaired) electrons. The van der Waals surface area contributed by atoms with Crippen LogP contribution in [0.5, 0.6) is 5.75 Å². The van der Waals surface area contributed by atoms with Crippen LogP contribution < -0.4 is 4.74 Å². The smallest absolute Gasteiger partial charge is 0.312 e. The van der Waals surface area contributed by atoms with Crippen molar-refractivity contribution in [2.24, 2.45) is 0 Å². The molecule has 1 N–H and O–H groups in total. The van der Waals surface area contributed by atoms with E-state index in [0.717, 1.165) is 0 Å². The van der Waals surface area contributed by atoms with E-state index in [-0.39, 0.29) is 23.8 Å². The van der Waals surface area contributed by atoms with Gasteiger partial charge in [-0.3, -0.25) is 4.79 Å². The van der Waals surface area contributed by atoms with Crippen molar-refractivity contribution in [2.75, 3.05) is 7.11 Å². The van der Waals surface area contributed by atoms with Gasteiger partial charge in [0.05, 0.1) is 12.7 Å². The molecule has 1 aromatic heterocycles. The Morgan fingerprint density at radius 1 is 1.50 bits per heavy atom. The molecule has 0 fully saturated rings. The van der Waals surface area contributed by atoms with Gasteiger partial charge in [0.1, 0.15) is 18.0 Å². The van der Waals surface area contributed by atoms with Crippen LogP contribution in [0.4, 0.5) is 4.39 Å². The maximum Gasteiger partial charge on any atom is 0.312 e. The second-order valence-electron chi connectivity index (χ2n) is 3.42. The van der Waals surface area contributed by atoms with Crippen molar-refractivity contribution in [1.29, 1.82) is 0 Å². The quantitative estimate of drug-likeness (QED) is 0.887. The molecule has 0 aliphatic rings. The van der Waals surface area contributed by atoms with Gasteiger partial charge in [-0.2, -0.15) is 0 Å². The van der Waals surface area contributed by atoms with E-state index in [4.69, 9.17) is 14.3 Å². The second kappa shape index (κ2) is 4.82. The molecule has 0 saturated heterocycles. The maximum absolute atomic E-state index is 13.1. The molecule has 7 heteroatoms. The average Bonchev–Trinajstić information content (AvgIpc) is 2.76. The molecular weight excluding hydrogens is 243 g/mol. The monoisotopic (exact) mass is 252 g/mol. The van der Waals surface area contributed by atoms with Gasteiger partial charge in [-0.15, -0.1) is 10.2 Å². The van der Waals surface area contributed by atoms with Crippen LogP contribution in [0.1, 0.15) is 5.89 Å². The summed E-state index contributed by atoms with van der Waals surface area (Å²) in [6, 6.07) is 3.83. The van der Waals surface area contributed by atoms with Crippen LogP contribution in [-0.4, -0.2) is 28.4 Å². The van der Waals surface area contributed by atoms with E-state index in [1.165, 1.54) is 25.3 Å². The van der Waals surface area contributed by atoms with E-state index in [1.54, 1.807) is 0 Å². The summed E-state index contributed by atoms with van der Waals surface area (Å²) in [4.78, 5) is 10.5. The van der Waals surface area contributed by atoms with E-state index >= 15 is 0 Å². The summed E-state index contributed by atoms with van der Waals surface area (Å²) in [5, 5.41) is 15.8. The summed E-state index contributed by atoms with van der Waals surface area (Å²) in [6.45, 7) is 0. The number of aliphatic carboxylic acids is 1. The summed E-state index contributed by atoms with van der Waals surface area (Å²) in [6.07, 6.45) is -0.384. The summed E-state index contributed by atoms with van der Waals surface area (Å²) in [5.74, 6) is -1.24. The molecule has 1 aromatic carbocycles. The zero-order chi connectivity index (χ0) is 13.1. The first-order valence-corrected chi connectivity index (χ1v) is 4.98. The molecule has 0 saturated carbocycles. The Balaban J connectivity index is 2.38. The van der Waals surface area contributed by atoms with Gasteiger partial charge >= 0.3 is 5.97 Å². The number of benzene rings is 1. The number of methoxy groups -OCH3 is 1. The van der Waals surface area contributed by atoms with Crippen LogP contribution in [0, 0.1) is 5.82 Å². The highest BCUT2D eigenvalue weighted by atomic mass is 19.1. The minimum Gasteiger partial charge on any atom is -0.496 e. The molecule has 0 unspecified atom stereocenters. The molecule has 94 valence electrons. The molecular formula is C11H9FN2O4. The summed E-state index contributed by atoms with van der Waals surface area (Å²) < 4.78 is 23.3. The van der Waals surface area contributed by atoms with Gasteiger partial charge in [-0.05, 0) is 18.2 Å². The normalized spacial score (nSPS) is 10.3. The van der Waals surface area contributed by atoms with Crippen molar-refractivity contribution in [1.82, 2.24) is 10.2 Å². The summed E-state index contributed by atoms with van der Waals surface area (Å²) in [5.41, 5.74) is 0.279. The second-order valence-corrected chi connectivity index (χ2v) is 3.42. The van der Waals surface area contributed by atoms with Gasteiger partial charge in [0.25, 0.3) is 5.89 Å². The molecule has 2 rings (SSSR count). The number of carboxylic acids is 1. The Labute approximate surface area is 101 Å². The molecule has 0 spiro atoms. The molecule has 18 heavy (non-hydrogen) atoms. The number of ether oxygens (including phenoxy) is 1. The fraction of sp³-hybridized carbons (Fsp3) is 0.182. The maximum atomic E-state index is 13.1. The number of carbonyl (C=O) groups is 1. The van der Waals surface area contributed by atoms with E-state index in [2.05, 4.69) is 10.2 Å². The standard InChI is InChI=1S/C11H9FN2O4/c1-17-8-3-2-6(12)4-7(8)11-14-13-9(18-11)5-10(15)16/h2-4H,5H2,1H3,(H,15,16). The van der Waals surface area contributed by atoms with Gasteiger partial charge in [0.15, 0.2) is 0 Å². The Bertz CT molecular complexity index is 582. The number of nitrogens with zero attached hydrogens (tertiary/aromatic N) is 2. The topological polar surface area (TPSA) is 85.5 Å². The number of carboxylic acid groups (broad SMARTS) is 1. The SMILES string of the molecule is COc1ccc(F)cc1-c1nnc(CC(=O)O)o1. The molecule has 0 aliphatic carbocycles. The van der Waals surface area contributed by atoms with Crippen LogP contribution >= 0.6 is 0 Å². The van der Waals surface area contributed by atoms with Gasteiger partial charge in [0.2, 0.25) is 5.89 Å². The predicted octanol–water partition coefficient (Wildman–Crippen LogP) is 1.51. The van der Waals surface area contributed by atoms with Crippen LogP contribution in [0.15, 0.2) is 22.6 Å². The van der Waals surface area contributed by atoms with Crippen molar-refractivity contribution in [3.63, 3.8) is 0 Å². The number of hydrogen-bond donors (Lipinski definition) is 1. The minimum atomic E-state index is -1.09. The van der Waals surface area contributed by atoms with Gasteiger partial charge in [-0.1, -0.05) is 0 Å². The molecule has 0 atom stereocenters. The first kappa shape index (κ1) is 12.0. The molecule has 0 aliphatic heterocycles. The highest BCUT2D eigenvalue weighted by Gasteiger charge is 2.15. The van der Waals surface area contributed by atoms with Crippen LogP contribution in [0.3, 0.4) is 0 Å². The lowest BCUT2D eigenvalue weighted by atomic mass is 10.2. The first-order valence-electron chi connectivity index (χ1n) is 4.98. The third-order valence-electron chi connectivity index (χ3n) is 2.16. The van der Waals surface area contributed by atoms with Crippen molar-refractivity contribution >= 4 is 5.97 Å². The Kier molecular flexibility index (Phi) is 3.22. The largest absolute Gasteiger partial charge is 0.496 e. The van der Waals surface area contributed by atoms with Crippen molar-refractivity contribution in [2.45, 2.75) is 6.42 Å². The Morgan fingerprint density at radius 2 is 2.28 bits per heavy atom. The summed E-state index contributed by atoms with van der Waals surface area (Å²) >= 11 is 0. The van der Waals surface area contributed by atoms with Crippen molar-refractivity contribution in [3.8, 4) is 17.2 Å². The predicted molar refractivity (Wildman–Crippen MR) is 57.6 cm³/mol. The average molecular weight is 252 g/mol. The fourth-order valence-corrected chi connectivity index (χ4v) is 1.41.